The number of aromatic carboxylic acids is 1. The number of rotatable bonds is 3. The Kier molecular flexibility index (Phi) is 3.80. The number of aromatic nitrogens is 3. The normalized spacial score (nSPS) is 16.0. The van der Waals surface area contributed by atoms with Gasteiger partial charge in [0, 0.05) is 11.3 Å². The first kappa shape index (κ1) is 16.1. The molecule has 2 N–H and O–H groups in total. The van der Waals surface area contributed by atoms with Gasteiger partial charge < -0.3 is 15.2 Å². The Bertz CT molecular complexity index is 1030. The van der Waals surface area contributed by atoms with Crippen LogP contribution in [0.4, 0.5) is 5.69 Å². The number of ether oxygens (including phenoxy) is 1. The predicted octanol–water partition coefficient (Wildman–Crippen LogP) is 2.41. The van der Waals surface area contributed by atoms with Crippen LogP contribution in [0.2, 0.25) is 0 Å². The van der Waals surface area contributed by atoms with Crippen molar-refractivity contribution in [3.8, 4) is 5.88 Å². The summed E-state index contributed by atoms with van der Waals surface area (Å²) in [7, 11) is 0. The van der Waals surface area contributed by atoms with Crippen LogP contribution < -0.4 is 10.1 Å². The van der Waals surface area contributed by atoms with Gasteiger partial charge >= 0.3 is 5.97 Å². The highest BCUT2D eigenvalue weighted by atomic mass is 16.5. The maximum atomic E-state index is 12.5. The van der Waals surface area contributed by atoms with E-state index >= 15 is 0 Å². The molecular formula is C18H16N4O4. The molecule has 3 heterocycles. The molecule has 1 aromatic carbocycles. The van der Waals surface area contributed by atoms with E-state index in [1.54, 1.807) is 29.1 Å². The SMILES string of the molecule is CC1COc2c(NC(=O)c3ccc4cc(C(=O)O)ccc4n3)cnn2C1. The van der Waals surface area contributed by atoms with E-state index in [2.05, 4.69) is 22.3 Å². The largest absolute Gasteiger partial charge is 0.478 e. The first-order chi connectivity index (χ1) is 12.5. The fourth-order valence-corrected chi connectivity index (χ4v) is 2.88. The second-order valence-corrected chi connectivity index (χ2v) is 6.32. The van der Waals surface area contributed by atoms with Gasteiger partial charge in [0.15, 0.2) is 0 Å². The van der Waals surface area contributed by atoms with Gasteiger partial charge in [-0.15, -0.1) is 0 Å². The number of nitrogens with one attached hydrogen (secondary N) is 1. The first-order valence-electron chi connectivity index (χ1n) is 8.15. The summed E-state index contributed by atoms with van der Waals surface area (Å²) >= 11 is 0. The number of anilines is 1. The van der Waals surface area contributed by atoms with Gasteiger partial charge in [-0.2, -0.15) is 5.10 Å². The van der Waals surface area contributed by atoms with Gasteiger partial charge in [-0.25, -0.2) is 14.5 Å². The lowest BCUT2D eigenvalue weighted by atomic mass is 10.1. The summed E-state index contributed by atoms with van der Waals surface area (Å²) in [5, 5.41) is 16.7. The molecule has 0 saturated heterocycles. The minimum atomic E-state index is -1.01. The molecule has 2 aromatic heterocycles. The van der Waals surface area contributed by atoms with Crippen LogP contribution in [-0.2, 0) is 6.54 Å². The number of carbonyl (C=O) groups excluding carboxylic acids is 1. The van der Waals surface area contributed by atoms with E-state index in [-0.39, 0.29) is 17.2 Å². The van der Waals surface area contributed by atoms with Crippen LogP contribution in [0.15, 0.2) is 36.5 Å². The van der Waals surface area contributed by atoms with Crippen LogP contribution >= 0.6 is 0 Å². The molecule has 1 aliphatic rings. The monoisotopic (exact) mass is 352 g/mol. The summed E-state index contributed by atoms with van der Waals surface area (Å²) < 4.78 is 7.39. The lowest BCUT2D eigenvalue weighted by molar-refractivity contribution is 0.0697. The third-order valence-electron chi connectivity index (χ3n) is 4.20. The highest BCUT2D eigenvalue weighted by molar-refractivity contribution is 6.05. The van der Waals surface area contributed by atoms with Crippen molar-refractivity contribution in [2.75, 3.05) is 11.9 Å². The number of hydrogen-bond donors (Lipinski definition) is 2. The smallest absolute Gasteiger partial charge is 0.335 e. The van der Waals surface area contributed by atoms with E-state index in [1.807, 2.05) is 0 Å². The number of nitrogens with zero attached hydrogens (tertiary/aromatic N) is 3. The minimum absolute atomic E-state index is 0.175. The Labute approximate surface area is 148 Å². The highest BCUT2D eigenvalue weighted by Crippen LogP contribution is 2.29. The molecule has 0 saturated carbocycles. The molecule has 0 aliphatic carbocycles. The Morgan fingerprint density at radius 1 is 1.31 bits per heavy atom. The molecule has 1 aliphatic heterocycles. The maximum absolute atomic E-state index is 12.5. The second kappa shape index (κ2) is 6.14. The third kappa shape index (κ3) is 2.85. The number of fused-ring (bicyclic) bond motifs is 2. The maximum Gasteiger partial charge on any atom is 0.335 e. The van der Waals surface area contributed by atoms with Crippen LogP contribution in [0.5, 0.6) is 5.88 Å². The predicted molar refractivity (Wildman–Crippen MR) is 93.5 cm³/mol. The van der Waals surface area contributed by atoms with E-state index in [0.29, 0.717) is 35.0 Å². The molecule has 0 spiro atoms. The molecular weight excluding hydrogens is 336 g/mol. The zero-order valence-corrected chi connectivity index (χ0v) is 14.0. The lowest BCUT2D eigenvalue weighted by Crippen LogP contribution is -2.24. The molecule has 4 rings (SSSR count). The zero-order valence-electron chi connectivity index (χ0n) is 14.0. The summed E-state index contributed by atoms with van der Waals surface area (Å²) in [5.74, 6) is -0.478. The standard InChI is InChI=1S/C18H16N4O4/c1-10-8-22-17(26-9-10)15(7-19-22)21-16(23)14-5-2-11-6-12(18(24)25)3-4-13(11)20-14/h2-7,10H,8-9H2,1H3,(H,21,23)(H,24,25). The van der Waals surface area contributed by atoms with E-state index < -0.39 is 5.97 Å². The molecule has 0 radical (unpaired) electrons. The molecule has 1 atom stereocenters. The fourth-order valence-electron chi connectivity index (χ4n) is 2.88. The van der Waals surface area contributed by atoms with Gasteiger partial charge in [-0.1, -0.05) is 13.0 Å². The minimum Gasteiger partial charge on any atom is -0.478 e. The molecule has 3 aromatic rings. The van der Waals surface area contributed by atoms with Crippen LogP contribution in [0.25, 0.3) is 10.9 Å². The molecule has 1 unspecified atom stereocenters. The number of carboxylic acid groups (broad SMARTS) is 1. The molecule has 132 valence electrons. The summed E-state index contributed by atoms with van der Waals surface area (Å²) in [5.41, 5.74) is 1.45. The van der Waals surface area contributed by atoms with Gasteiger partial charge in [-0.05, 0) is 24.3 Å². The molecule has 1 amide bonds. The average molecular weight is 352 g/mol. The Balaban J connectivity index is 1.59. The van der Waals surface area contributed by atoms with Crippen LogP contribution in [0.1, 0.15) is 27.8 Å². The Morgan fingerprint density at radius 2 is 2.15 bits per heavy atom. The lowest BCUT2D eigenvalue weighted by Gasteiger charge is -2.21. The molecule has 26 heavy (non-hydrogen) atoms. The summed E-state index contributed by atoms with van der Waals surface area (Å²) in [6.07, 6.45) is 1.56. The van der Waals surface area contributed by atoms with Crippen molar-refractivity contribution in [1.82, 2.24) is 14.8 Å². The van der Waals surface area contributed by atoms with Crippen LogP contribution in [-0.4, -0.2) is 38.4 Å². The van der Waals surface area contributed by atoms with E-state index in [4.69, 9.17) is 9.84 Å². The number of carbonyl (C=O) groups is 2. The molecule has 8 heteroatoms. The summed E-state index contributed by atoms with van der Waals surface area (Å²) in [6.45, 7) is 3.39. The van der Waals surface area contributed by atoms with E-state index in [9.17, 15) is 9.59 Å². The first-order valence-corrected chi connectivity index (χ1v) is 8.15. The Morgan fingerprint density at radius 3 is 2.96 bits per heavy atom. The highest BCUT2D eigenvalue weighted by Gasteiger charge is 2.22. The van der Waals surface area contributed by atoms with Gasteiger partial charge in [0.2, 0.25) is 5.88 Å². The van der Waals surface area contributed by atoms with Crippen LogP contribution in [0, 0.1) is 5.92 Å². The quantitative estimate of drug-likeness (QED) is 0.750. The third-order valence-corrected chi connectivity index (χ3v) is 4.20. The van der Waals surface area contributed by atoms with Crippen molar-refractivity contribution in [2.24, 2.45) is 5.92 Å². The topological polar surface area (TPSA) is 106 Å². The van der Waals surface area contributed by atoms with Crippen molar-refractivity contribution < 1.29 is 19.4 Å². The average Bonchev–Trinajstić information content (AvgIpc) is 3.02. The number of pyridine rings is 1. The number of hydrogen-bond acceptors (Lipinski definition) is 5. The zero-order chi connectivity index (χ0) is 18.3. The van der Waals surface area contributed by atoms with Crippen molar-refractivity contribution in [3.63, 3.8) is 0 Å². The molecule has 0 bridgehead atoms. The van der Waals surface area contributed by atoms with Crippen molar-refractivity contribution in [3.05, 3.63) is 47.8 Å². The second-order valence-electron chi connectivity index (χ2n) is 6.32. The number of amides is 1. The van der Waals surface area contributed by atoms with Crippen molar-refractivity contribution in [2.45, 2.75) is 13.5 Å². The van der Waals surface area contributed by atoms with Gasteiger partial charge in [0.05, 0.1) is 30.4 Å². The fraction of sp³-hybridized carbons (Fsp3) is 0.222. The van der Waals surface area contributed by atoms with Crippen LogP contribution in [0.3, 0.4) is 0 Å². The van der Waals surface area contributed by atoms with Gasteiger partial charge in [0.1, 0.15) is 11.4 Å². The van der Waals surface area contributed by atoms with E-state index in [1.165, 1.54) is 12.1 Å². The summed E-state index contributed by atoms with van der Waals surface area (Å²) in [6, 6.07) is 7.80. The van der Waals surface area contributed by atoms with E-state index in [0.717, 1.165) is 6.54 Å². The molecule has 8 nitrogen and oxygen atoms in total. The number of benzene rings is 1. The van der Waals surface area contributed by atoms with Crippen molar-refractivity contribution >= 4 is 28.5 Å². The number of carboxylic acids is 1. The summed E-state index contributed by atoms with van der Waals surface area (Å²) in [4.78, 5) is 27.9. The molecule has 0 fully saturated rings. The Hall–Kier alpha value is -3.42. The van der Waals surface area contributed by atoms with Gasteiger partial charge in [0.25, 0.3) is 5.91 Å². The van der Waals surface area contributed by atoms with Crippen molar-refractivity contribution in [1.29, 1.82) is 0 Å². The van der Waals surface area contributed by atoms with Gasteiger partial charge in [-0.3, -0.25) is 4.79 Å².